The molecule has 0 amide bonds. The van der Waals surface area contributed by atoms with E-state index < -0.39 is 0 Å². The van der Waals surface area contributed by atoms with Gasteiger partial charge in [0, 0.05) is 18.8 Å². The van der Waals surface area contributed by atoms with E-state index in [0.717, 1.165) is 24.2 Å². The Morgan fingerprint density at radius 1 is 1.29 bits per heavy atom. The van der Waals surface area contributed by atoms with E-state index in [4.69, 9.17) is 5.26 Å². The maximum Gasteiger partial charge on any atom is 0.0994 e. The van der Waals surface area contributed by atoms with E-state index in [2.05, 4.69) is 30.9 Å². The Balaban J connectivity index is 3.02. The molecule has 0 fully saturated rings. The zero-order valence-corrected chi connectivity index (χ0v) is 9.04. The third kappa shape index (κ3) is 2.05. The summed E-state index contributed by atoms with van der Waals surface area (Å²) in [5, 5.41) is 8.80. The summed E-state index contributed by atoms with van der Waals surface area (Å²) in [6.07, 6.45) is 0. The average molecular weight is 188 g/mol. The summed E-state index contributed by atoms with van der Waals surface area (Å²) in [6, 6.07) is 8.16. The quantitative estimate of drug-likeness (QED) is 0.729. The fraction of sp³-hybridized carbons (Fsp3) is 0.417. The van der Waals surface area contributed by atoms with Crippen LogP contribution in [-0.4, -0.2) is 13.1 Å². The number of benzene rings is 1. The maximum atomic E-state index is 8.80. The van der Waals surface area contributed by atoms with E-state index in [0.29, 0.717) is 0 Å². The zero-order valence-electron chi connectivity index (χ0n) is 9.04. The summed E-state index contributed by atoms with van der Waals surface area (Å²) < 4.78 is 0. The van der Waals surface area contributed by atoms with Crippen LogP contribution in [0.1, 0.15) is 25.0 Å². The van der Waals surface area contributed by atoms with E-state index in [9.17, 15) is 0 Å². The molecule has 0 aromatic heterocycles. The summed E-state index contributed by atoms with van der Waals surface area (Å²) in [6.45, 7) is 8.25. The van der Waals surface area contributed by atoms with E-state index in [1.165, 1.54) is 5.69 Å². The second kappa shape index (κ2) is 4.66. The lowest BCUT2D eigenvalue weighted by molar-refractivity contribution is 0.865. The Hall–Kier alpha value is -1.49. The molecule has 14 heavy (non-hydrogen) atoms. The largest absolute Gasteiger partial charge is 0.372 e. The SMILES string of the molecule is CCN(CC)c1ccc(C#N)c(C)c1. The standard InChI is InChI=1S/C12H16N2/c1-4-14(5-2)12-7-6-11(9-13)10(3)8-12/h6-8H,4-5H2,1-3H3. The second-order valence-electron chi connectivity index (χ2n) is 3.28. The van der Waals surface area contributed by atoms with Crippen LogP contribution in [-0.2, 0) is 0 Å². The molecule has 1 aromatic rings. The molecule has 1 aromatic carbocycles. The van der Waals surface area contributed by atoms with Gasteiger partial charge in [-0.3, -0.25) is 0 Å². The van der Waals surface area contributed by atoms with Gasteiger partial charge in [0.15, 0.2) is 0 Å². The van der Waals surface area contributed by atoms with E-state index >= 15 is 0 Å². The fourth-order valence-corrected chi connectivity index (χ4v) is 1.56. The minimum atomic E-state index is 0.765. The molecule has 0 aliphatic rings. The maximum absolute atomic E-state index is 8.80. The molecule has 0 unspecified atom stereocenters. The predicted molar refractivity (Wildman–Crippen MR) is 59.5 cm³/mol. The summed E-state index contributed by atoms with van der Waals surface area (Å²) >= 11 is 0. The Bertz CT molecular complexity index is 346. The first kappa shape index (κ1) is 10.6. The van der Waals surface area contributed by atoms with Crippen molar-refractivity contribution in [2.24, 2.45) is 0 Å². The lowest BCUT2D eigenvalue weighted by Gasteiger charge is -2.21. The van der Waals surface area contributed by atoms with Gasteiger partial charge in [0.2, 0.25) is 0 Å². The summed E-state index contributed by atoms with van der Waals surface area (Å²) in [7, 11) is 0. The van der Waals surface area contributed by atoms with E-state index in [1.807, 2.05) is 19.1 Å². The molecular weight excluding hydrogens is 172 g/mol. The molecule has 0 spiro atoms. The van der Waals surface area contributed by atoms with Crippen molar-refractivity contribution in [1.82, 2.24) is 0 Å². The molecule has 0 atom stereocenters. The molecule has 2 heteroatoms. The average Bonchev–Trinajstić information content (AvgIpc) is 2.20. The van der Waals surface area contributed by atoms with Gasteiger partial charge < -0.3 is 4.90 Å². The highest BCUT2D eigenvalue weighted by Crippen LogP contribution is 2.18. The zero-order chi connectivity index (χ0) is 10.6. The molecule has 0 saturated heterocycles. The van der Waals surface area contributed by atoms with Crippen LogP contribution in [0.3, 0.4) is 0 Å². The van der Waals surface area contributed by atoms with Crippen molar-refractivity contribution in [3.8, 4) is 6.07 Å². The highest BCUT2D eigenvalue weighted by molar-refractivity contribution is 5.53. The van der Waals surface area contributed by atoms with Gasteiger partial charge in [0.1, 0.15) is 0 Å². The highest BCUT2D eigenvalue weighted by atomic mass is 15.1. The monoisotopic (exact) mass is 188 g/mol. The van der Waals surface area contributed by atoms with Gasteiger partial charge in [-0.05, 0) is 44.5 Å². The summed E-state index contributed by atoms with van der Waals surface area (Å²) in [5.41, 5.74) is 3.02. The Labute approximate surface area is 85.8 Å². The number of nitriles is 1. The molecular formula is C12H16N2. The Morgan fingerprint density at radius 2 is 1.93 bits per heavy atom. The van der Waals surface area contributed by atoms with Crippen molar-refractivity contribution in [3.05, 3.63) is 29.3 Å². The number of hydrogen-bond donors (Lipinski definition) is 0. The van der Waals surface area contributed by atoms with Crippen molar-refractivity contribution in [3.63, 3.8) is 0 Å². The first-order chi connectivity index (χ1) is 6.72. The molecule has 74 valence electrons. The lowest BCUT2D eigenvalue weighted by atomic mass is 10.1. The van der Waals surface area contributed by atoms with Crippen molar-refractivity contribution in [2.75, 3.05) is 18.0 Å². The van der Waals surface area contributed by atoms with Crippen LogP contribution >= 0.6 is 0 Å². The molecule has 1 rings (SSSR count). The van der Waals surface area contributed by atoms with E-state index in [-0.39, 0.29) is 0 Å². The normalized spacial score (nSPS) is 9.57. The predicted octanol–water partition coefficient (Wildman–Crippen LogP) is 2.71. The minimum Gasteiger partial charge on any atom is -0.372 e. The minimum absolute atomic E-state index is 0.765. The van der Waals surface area contributed by atoms with Gasteiger partial charge in [-0.2, -0.15) is 5.26 Å². The van der Waals surface area contributed by atoms with Crippen LogP contribution in [0.25, 0.3) is 0 Å². The molecule has 0 aliphatic carbocycles. The lowest BCUT2D eigenvalue weighted by Crippen LogP contribution is -2.21. The van der Waals surface area contributed by atoms with Crippen molar-refractivity contribution in [2.45, 2.75) is 20.8 Å². The first-order valence-corrected chi connectivity index (χ1v) is 4.98. The second-order valence-corrected chi connectivity index (χ2v) is 3.28. The number of aryl methyl sites for hydroxylation is 1. The molecule has 0 saturated carbocycles. The molecule has 0 heterocycles. The third-order valence-corrected chi connectivity index (χ3v) is 2.46. The van der Waals surface area contributed by atoms with Gasteiger partial charge in [0.05, 0.1) is 11.6 Å². The van der Waals surface area contributed by atoms with Crippen molar-refractivity contribution >= 4 is 5.69 Å². The number of hydrogen-bond acceptors (Lipinski definition) is 2. The smallest absolute Gasteiger partial charge is 0.0994 e. The topological polar surface area (TPSA) is 27.0 Å². The van der Waals surface area contributed by atoms with Crippen molar-refractivity contribution in [1.29, 1.82) is 5.26 Å². The number of anilines is 1. The van der Waals surface area contributed by atoms with Crippen LogP contribution in [0, 0.1) is 18.3 Å². The third-order valence-electron chi connectivity index (χ3n) is 2.46. The van der Waals surface area contributed by atoms with Gasteiger partial charge in [0.25, 0.3) is 0 Å². The van der Waals surface area contributed by atoms with Gasteiger partial charge in [-0.25, -0.2) is 0 Å². The summed E-state index contributed by atoms with van der Waals surface area (Å²) in [5.74, 6) is 0. The van der Waals surface area contributed by atoms with E-state index in [1.54, 1.807) is 0 Å². The van der Waals surface area contributed by atoms with Crippen LogP contribution in [0.5, 0.6) is 0 Å². The molecule has 2 nitrogen and oxygen atoms in total. The Kier molecular flexibility index (Phi) is 3.53. The van der Waals surface area contributed by atoms with Crippen LogP contribution in [0.4, 0.5) is 5.69 Å². The molecule has 0 N–H and O–H groups in total. The van der Waals surface area contributed by atoms with Gasteiger partial charge >= 0.3 is 0 Å². The van der Waals surface area contributed by atoms with Crippen molar-refractivity contribution < 1.29 is 0 Å². The van der Waals surface area contributed by atoms with Crippen LogP contribution in [0.15, 0.2) is 18.2 Å². The first-order valence-electron chi connectivity index (χ1n) is 4.98. The molecule has 0 aliphatic heterocycles. The number of nitrogens with zero attached hydrogens (tertiary/aromatic N) is 2. The fourth-order valence-electron chi connectivity index (χ4n) is 1.56. The number of rotatable bonds is 3. The van der Waals surface area contributed by atoms with Crippen LogP contribution < -0.4 is 4.90 Å². The summed E-state index contributed by atoms with van der Waals surface area (Å²) in [4.78, 5) is 2.27. The molecule has 0 radical (unpaired) electrons. The highest BCUT2D eigenvalue weighted by Gasteiger charge is 2.03. The Morgan fingerprint density at radius 3 is 2.36 bits per heavy atom. The molecule has 0 bridgehead atoms. The van der Waals surface area contributed by atoms with Gasteiger partial charge in [-0.1, -0.05) is 0 Å². The van der Waals surface area contributed by atoms with Gasteiger partial charge in [-0.15, -0.1) is 0 Å². The van der Waals surface area contributed by atoms with Crippen LogP contribution in [0.2, 0.25) is 0 Å².